The number of aliphatic carboxylic acids is 1. The molecule has 0 spiro atoms. The van der Waals surface area contributed by atoms with E-state index in [0.29, 0.717) is 12.4 Å². The largest absolute Gasteiger partial charge is 0.494 e. The quantitative estimate of drug-likeness (QED) is 0.422. The summed E-state index contributed by atoms with van der Waals surface area (Å²) in [5.41, 5.74) is 0.519. The van der Waals surface area contributed by atoms with Gasteiger partial charge < -0.3 is 15.2 Å². The molecule has 2 rings (SSSR count). The molecule has 0 heterocycles. The average molecular weight is 387 g/mol. The van der Waals surface area contributed by atoms with Crippen LogP contribution in [-0.2, 0) is 16.1 Å². The van der Waals surface area contributed by atoms with Gasteiger partial charge in [0.15, 0.2) is 0 Å². The van der Waals surface area contributed by atoms with E-state index in [9.17, 15) is 24.8 Å². The molecule has 1 unspecified atom stereocenters. The lowest BCUT2D eigenvalue weighted by molar-refractivity contribution is -0.384. The smallest absolute Gasteiger partial charge is 0.321 e. The van der Waals surface area contributed by atoms with Gasteiger partial charge >= 0.3 is 5.97 Å². The first-order valence-electron chi connectivity index (χ1n) is 8.62. The minimum Gasteiger partial charge on any atom is -0.494 e. The second-order valence-corrected chi connectivity index (χ2v) is 5.88. The maximum absolute atomic E-state index is 12.3. The van der Waals surface area contributed by atoms with Crippen molar-refractivity contribution in [1.82, 2.24) is 5.32 Å². The highest BCUT2D eigenvalue weighted by molar-refractivity contribution is 5.96. The first-order chi connectivity index (χ1) is 13.4. The maximum atomic E-state index is 12.3. The van der Waals surface area contributed by atoms with Gasteiger partial charge in [0.05, 0.1) is 24.0 Å². The van der Waals surface area contributed by atoms with E-state index in [-0.39, 0.29) is 24.3 Å². The Balaban J connectivity index is 2.04. The molecule has 0 saturated carbocycles. The number of nitro benzene ring substituents is 1. The summed E-state index contributed by atoms with van der Waals surface area (Å²) in [6.07, 6.45) is -0.382. The average Bonchev–Trinajstić information content (AvgIpc) is 2.67. The third kappa shape index (κ3) is 6.06. The predicted octanol–water partition coefficient (Wildman–Crippen LogP) is 2.57. The Bertz CT molecular complexity index is 841. The molecule has 0 aliphatic rings. The first-order valence-corrected chi connectivity index (χ1v) is 8.62. The van der Waals surface area contributed by atoms with Crippen LogP contribution < -0.4 is 15.4 Å². The molecule has 2 aromatic carbocycles. The molecule has 3 N–H and O–H groups in total. The van der Waals surface area contributed by atoms with Crippen molar-refractivity contribution in [3.63, 3.8) is 0 Å². The van der Waals surface area contributed by atoms with Gasteiger partial charge in [-0.25, -0.2) is 0 Å². The molecule has 28 heavy (non-hydrogen) atoms. The number of rotatable bonds is 10. The Morgan fingerprint density at radius 1 is 1.21 bits per heavy atom. The van der Waals surface area contributed by atoms with E-state index in [1.54, 1.807) is 6.92 Å². The van der Waals surface area contributed by atoms with Gasteiger partial charge in [0.25, 0.3) is 5.69 Å². The van der Waals surface area contributed by atoms with Crippen molar-refractivity contribution in [1.29, 1.82) is 0 Å². The molecule has 0 aromatic heterocycles. The number of nitro groups is 1. The number of carboxylic acid groups (broad SMARTS) is 1. The van der Waals surface area contributed by atoms with Crippen molar-refractivity contribution < 1.29 is 24.4 Å². The summed E-state index contributed by atoms with van der Waals surface area (Å²) in [6.45, 7) is 2.36. The number of carboxylic acids is 1. The topological polar surface area (TPSA) is 131 Å². The molecule has 148 valence electrons. The number of ether oxygens (including phenoxy) is 1. The van der Waals surface area contributed by atoms with E-state index < -0.39 is 22.8 Å². The van der Waals surface area contributed by atoms with Gasteiger partial charge in [0.1, 0.15) is 17.5 Å². The second-order valence-electron chi connectivity index (χ2n) is 5.88. The Morgan fingerprint density at radius 2 is 1.93 bits per heavy atom. The molecule has 1 amide bonds. The molecule has 2 aromatic rings. The number of anilines is 1. The predicted molar refractivity (Wildman–Crippen MR) is 102 cm³/mol. The first kappa shape index (κ1) is 20.8. The summed E-state index contributed by atoms with van der Waals surface area (Å²) in [6, 6.07) is 12.1. The van der Waals surface area contributed by atoms with Gasteiger partial charge in [-0.2, -0.15) is 0 Å². The number of amides is 1. The zero-order valence-electron chi connectivity index (χ0n) is 15.3. The molecule has 9 nitrogen and oxygen atoms in total. The number of hydrogen-bond donors (Lipinski definition) is 3. The fraction of sp³-hybridized carbons (Fsp3) is 0.263. The van der Waals surface area contributed by atoms with Crippen LogP contribution in [-0.4, -0.2) is 34.6 Å². The lowest BCUT2D eigenvalue weighted by Gasteiger charge is -2.15. The van der Waals surface area contributed by atoms with Crippen molar-refractivity contribution in [3.05, 3.63) is 64.2 Å². The van der Waals surface area contributed by atoms with Crippen LogP contribution in [0.4, 0.5) is 11.4 Å². The van der Waals surface area contributed by atoms with E-state index in [4.69, 9.17) is 4.74 Å². The van der Waals surface area contributed by atoms with E-state index >= 15 is 0 Å². The molecule has 0 bridgehead atoms. The normalized spacial score (nSPS) is 11.5. The fourth-order valence-corrected chi connectivity index (χ4v) is 2.49. The van der Waals surface area contributed by atoms with Gasteiger partial charge in [-0.1, -0.05) is 30.3 Å². The second kappa shape index (κ2) is 10.0. The van der Waals surface area contributed by atoms with Gasteiger partial charge in [0, 0.05) is 6.54 Å². The number of carbonyl (C=O) groups excluding carboxylic acids is 1. The van der Waals surface area contributed by atoms with Crippen molar-refractivity contribution in [2.24, 2.45) is 0 Å². The standard InChI is InChI=1S/C19H21N3O6/c1-2-28-14-8-9-15(17(10-14)22(26)27)21-18(23)11-16(19(24)25)20-12-13-6-4-3-5-7-13/h3-10,16,20H,2,11-12H2,1H3,(H,21,23)(H,24,25). The summed E-state index contributed by atoms with van der Waals surface area (Å²) in [5, 5.41) is 25.8. The fourth-order valence-electron chi connectivity index (χ4n) is 2.49. The van der Waals surface area contributed by atoms with Gasteiger partial charge in [-0.05, 0) is 24.6 Å². The number of benzene rings is 2. The summed E-state index contributed by atoms with van der Waals surface area (Å²) in [7, 11) is 0. The minimum absolute atomic E-state index is 0.0225. The Hall–Kier alpha value is -3.46. The van der Waals surface area contributed by atoms with Crippen molar-refractivity contribution >= 4 is 23.3 Å². The molecular formula is C19H21N3O6. The van der Waals surface area contributed by atoms with Gasteiger partial charge in [-0.3, -0.25) is 25.0 Å². The molecule has 9 heteroatoms. The molecule has 0 aliphatic carbocycles. The van der Waals surface area contributed by atoms with E-state index in [0.717, 1.165) is 5.56 Å². The molecular weight excluding hydrogens is 366 g/mol. The van der Waals surface area contributed by atoms with Crippen molar-refractivity contribution in [2.45, 2.75) is 25.9 Å². The van der Waals surface area contributed by atoms with Crippen LogP contribution in [0, 0.1) is 10.1 Å². The number of hydrogen-bond acceptors (Lipinski definition) is 6. The maximum Gasteiger partial charge on any atom is 0.321 e. The summed E-state index contributed by atoms with van der Waals surface area (Å²) in [5.74, 6) is -1.53. The zero-order chi connectivity index (χ0) is 20.5. The van der Waals surface area contributed by atoms with E-state index in [2.05, 4.69) is 10.6 Å². The van der Waals surface area contributed by atoms with Crippen molar-refractivity contribution in [2.75, 3.05) is 11.9 Å². The van der Waals surface area contributed by atoms with Crippen LogP contribution in [0.5, 0.6) is 5.75 Å². The molecule has 0 fully saturated rings. The number of carbonyl (C=O) groups is 2. The number of nitrogens with zero attached hydrogens (tertiary/aromatic N) is 1. The molecule has 0 saturated heterocycles. The highest BCUT2D eigenvalue weighted by atomic mass is 16.6. The van der Waals surface area contributed by atoms with Crippen LogP contribution in [0.3, 0.4) is 0 Å². The van der Waals surface area contributed by atoms with Crippen LogP contribution in [0.2, 0.25) is 0 Å². The Kier molecular flexibility index (Phi) is 7.46. The number of nitrogens with one attached hydrogen (secondary N) is 2. The Morgan fingerprint density at radius 3 is 2.54 bits per heavy atom. The lowest BCUT2D eigenvalue weighted by Crippen LogP contribution is -2.39. The summed E-state index contributed by atoms with van der Waals surface area (Å²) < 4.78 is 5.22. The third-order valence-electron chi connectivity index (χ3n) is 3.83. The SMILES string of the molecule is CCOc1ccc(NC(=O)CC(NCc2ccccc2)C(=O)O)c([N+](=O)[O-])c1. The molecule has 0 aliphatic heterocycles. The lowest BCUT2D eigenvalue weighted by atomic mass is 10.1. The van der Waals surface area contributed by atoms with Gasteiger partial charge in [-0.15, -0.1) is 0 Å². The van der Waals surface area contributed by atoms with Crippen LogP contribution in [0.1, 0.15) is 18.9 Å². The summed E-state index contributed by atoms with van der Waals surface area (Å²) in [4.78, 5) is 34.3. The van der Waals surface area contributed by atoms with Gasteiger partial charge in [0.2, 0.25) is 5.91 Å². The highest BCUT2D eigenvalue weighted by Crippen LogP contribution is 2.29. The Labute approximate surface area is 161 Å². The van der Waals surface area contributed by atoms with Crippen LogP contribution >= 0.6 is 0 Å². The van der Waals surface area contributed by atoms with Crippen LogP contribution in [0.25, 0.3) is 0 Å². The molecule has 1 atom stereocenters. The third-order valence-corrected chi connectivity index (χ3v) is 3.83. The van der Waals surface area contributed by atoms with E-state index in [1.165, 1.54) is 18.2 Å². The summed E-state index contributed by atoms with van der Waals surface area (Å²) >= 11 is 0. The highest BCUT2D eigenvalue weighted by Gasteiger charge is 2.23. The van der Waals surface area contributed by atoms with Crippen molar-refractivity contribution in [3.8, 4) is 5.75 Å². The van der Waals surface area contributed by atoms with E-state index in [1.807, 2.05) is 30.3 Å². The minimum atomic E-state index is -1.19. The van der Waals surface area contributed by atoms with Crippen LogP contribution in [0.15, 0.2) is 48.5 Å². The molecule has 0 radical (unpaired) electrons. The zero-order valence-corrected chi connectivity index (χ0v) is 15.3. The monoisotopic (exact) mass is 387 g/mol.